The van der Waals surface area contributed by atoms with Gasteiger partial charge < -0.3 is 4.74 Å². The molecular formula is C11H11ClN2OS. The Labute approximate surface area is 103 Å². The van der Waals surface area contributed by atoms with Crippen LogP contribution >= 0.6 is 22.9 Å². The average molecular weight is 255 g/mol. The molecule has 1 heterocycles. The van der Waals surface area contributed by atoms with Gasteiger partial charge in [-0.1, -0.05) is 23.5 Å². The minimum Gasteiger partial charge on any atom is -0.496 e. The molecule has 0 saturated carbocycles. The minimum atomic E-state index is -0.110. The fourth-order valence-electron chi connectivity index (χ4n) is 1.33. The zero-order valence-electron chi connectivity index (χ0n) is 8.98. The van der Waals surface area contributed by atoms with E-state index in [4.69, 9.17) is 16.3 Å². The number of para-hydroxylation sites is 1. The molecule has 0 N–H and O–H groups in total. The second-order valence-electron chi connectivity index (χ2n) is 3.26. The van der Waals surface area contributed by atoms with Crippen LogP contribution in [0.4, 0.5) is 0 Å². The number of nitrogens with zero attached hydrogens (tertiary/aromatic N) is 2. The molecule has 0 radical (unpaired) electrons. The smallest absolute Gasteiger partial charge is 0.151 e. The van der Waals surface area contributed by atoms with Gasteiger partial charge in [-0.15, -0.1) is 21.8 Å². The van der Waals surface area contributed by atoms with E-state index in [9.17, 15) is 0 Å². The molecule has 0 saturated heterocycles. The van der Waals surface area contributed by atoms with E-state index >= 15 is 0 Å². The Hall–Kier alpha value is -1.13. The Morgan fingerprint density at radius 1 is 1.31 bits per heavy atom. The van der Waals surface area contributed by atoms with E-state index in [1.165, 1.54) is 11.3 Å². The molecule has 84 valence electrons. The van der Waals surface area contributed by atoms with Crippen LogP contribution < -0.4 is 4.74 Å². The van der Waals surface area contributed by atoms with Crippen molar-refractivity contribution in [3.8, 4) is 16.3 Å². The number of rotatable bonds is 3. The summed E-state index contributed by atoms with van der Waals surface area (Å²) in [6.45, 7) is 1.88. The van der Waals surface area contributed by atoms with E-state index in [2.05, 4.69) is 10.2 Å². The number of hydrogen-bond donors (Lipinski definition) is 0. The van der Waals surface area contributed by atoms with Crippen molar-refractivity contribution < 1.29 is 4.74 Å². The van der Waals surface area contributed by atoms with Gasteiger partial charge in [-0.3, -0.25) is 0 Å². The molecule has 5 heteroatoms. The van der Waals surface area contributed by atoms with E-state index in [0.29, 0.717) is 0 Å². The largest absolute Gasteiger partial charge is 0.496 e. The maximum atomic E-state index is 5.95. The second kappa shape index (κ2) is 4.80. The van der Waals surface area contributed by atoms with Crippen molar-refractivity contribution in [3.05, 3.63) is 29.3 Å². The number of benzene rings is 1. The van der Waals surface area contributed by atoms with Gasteiger partial charge in [0.25, 0.3) is 0 Å². The second-order valence-corrected chi connectivity index (χ2v) is 4.93. The summed E-state index contributed by atoms with van der Waals surface area (Å²) in [5.74, 6) is 0.799. The zero-order valence-corrected chi connectivity index (χ0v) is 10.5. The summed E-state index contributed by atoms with van der Waals surface area (Å²) in [4.78, 5) is 0. The number of hydrogen-bond acceptors (Lipinski definition) is 4. The molecule has 2 rings (SSSR count). The fourth-order valence-corrected chi connectivity index (χ4v) is 2.31. The summed E-state index contributed by atoms with van der Waals surface area (Å²) in [6, 6.07) is 7.74. The standard InChI is InChI=1S/C11H11ClN2OS/c1-7(12)10-13-14-11(16-10)8-5-3-4-6-9(8)15-2/h3-7H,1-2H3. The van der Waals surface area contributed by atoms with Crippen LogP contribution in [0.1, 0.15) is 17.3 Å². The van der Waals surface area contributed by atoms with E-state index < -0.39 is 0 Å². The van der Waals surface area contributed by atoms with Gasteiger partial charge in [0.05, 0.1) is 18.1 Å². The molecule has 1 atom stereocenters. The van der Waals surface area contributed by atoms with E-state index in [0.717, 1.165) is 21.3 Å². The number of halogens is 1. The average Bonchev–Trinajstić information content (AvgIpc) is 2.78. The lowest BCUT2D eigenvalue weighted by molar-refractivity contribution is 0.416. The molecule has 0 amide bonds. The highest BCUT2D eigenvalue weighted by Crippen LogP contribution is 2.34. The van der Waals surface area contributed by atoms with Gasteiger partial charge in [-0.05, 0) is 19.1 Å². The van der Waals surface area contributed by atoms with Crippen molar-refractivity contribution in [1.29, 1.82) is 0 Å². The number of methoxy groups -OCH3 is 1. The lowest BCUT2D eigenvalue weighted by Gasteiger charge is -2.03. The molecule has 1 aromatic carbocycles. The van der Waals surface area contributed by atoms with Crippen LogP contribution in [0.3, 0.4) is 0 Å². The third-order valence-corrected chi connectivity index (χ3v) is 3.59. The molecule has 3 nitrogen and oxygen atoms in total. The van der Waals surface area contributed by atoms with Gasteiger partial charge in [0, 0.05) is 0 Å². The first-order chi connectivity index (χ1) is 7.72. The van der Waals surface area contributed by atoms with E-state index in [1.54, 1.807) is 7.11 Å². The van der Waals surface area contributed by atoms with Gasteiger partial charge in [0.15, 0.2) is 5.01 Å². The van der Waals surface area contributed by atoms with Crippen LogP contribution in [-0.2, 0) is 0 Å². The molecule has 1 aromatic heterocycles. The predicted molar refractivity (Wildman–Crippen MR) is 66.2 cm³/mol. The van der Waals surface area contributed by atoms with Crippen molar-refractivity contribution >= 4 is 22.9 Å². The topological polar surface area (TPSA) is 35.0 Å². The molecule has 0 bridgehead atoms. The Kier molecular flexibility index (Phi) is 3.41. The summed E-state index contributed by atoms with van der Waals surface area (Å²) in [5.41, 5.74) is 0.950. The van der Waals surface area contributed by atoms with Gasteiger partial charge in [0.2, 0.25) is 0 Å². The first-order valence-corrected chi connectivity index (χ1v) is 6.08. The first-order valence-electron chi connectivity index (χ1n) is 4.83. The Bertz CT molecular complexity index is 484. The van der Waals surface area contributed by atoms with Crippen LogP contribution in [0.15, 0.2) is 24.3 Å². The van der Waals surface area contributed by atoms with Crippen molar-refractivity contribution in [1.82, 2.24) is 10.2 Å². The number of ether oxygens (including phenoxy) is 1. The quantitative estimate of drug-likeness (QED) is 0.787. The maximum Gasteiger partial charge on any atom is 0.151 e. The van der Waals surface area contributed by atoms with Crippen LogP contribution in [-0.4, -0.2) is 17.3 Å². The zero-order chi connectivity index (χ0) is 11.5. The molecule has 0 aliphatic heterocycles. The molecule has 0 aliphatic carbocycles. The molecule has 0 fully saturated rings. The van der Waals surface area contributed by atoms with Crippen molar-refractivity contribution in [2.45, 2.75) is 12.3 Å². The van der Waals surface area contributed by atoms with Crippen LogP contribution in [0, 0.1) is 0 Å². The van der Waals surface area contributed by atoms with Crippen molar-refractivity contribution in [2.24, 2.45) is 0 Å². The van der Waals surface area contributed by atoms with Crippen LogP contribution in [0.2, 0.25) is 0 Å². The third-order valence-electron chi connectivity index (χ3n) is 2.12. The Morgan fingerprint density at radius 2 is 2.06 bits per heavy atom. The highest BCUT2D eigenvalue weighted by molar-refractivity contribution is 7.15. The lowest BCUT2D eigenvalue weighted by atomic mass is 10.2. The molecule has 0 aliphatic rings. The Balaban J connectivity index is 2.42. The van der Waals surface area contributed by atoms with Gasteiger partial charge in [-0.25, -0.2) is 0 Å². The molecular weight excluding hydrogens is 244 g/mol. The predicted octanol–water partition coefficient (Wildman–Crippen LogP) is 3.51. The van der Waals surface area contributed by atoms with Gasteiger partial charge >= 0.3 is 0 Å². The third kappa shape index (κ3) is 2.18. The summed E-state index contributed by atoms with van der Waals surface area (Å²) in [6.07, 6.45) is 0. The molecule has 0 spiro atoms. The summed E-state index contributed by atoms with van der Waals surface area (Å²) >= 11 is 7.44. The SMILES string of the molecule is COc1ccccc1-c1nnc(C(C)Cl)s1. The fraction of sp³-hybridized carbons (Fsp3) is 0.273. The molecule has 16 heavy (non-hydrogen) atoms. The van der Waals surface area contributed by atoms with Crippen LogP contribution in [0.5, 0.6) is 5.75 Å². The minimum absolute atomic E-state index is 0.110. The molecule has 1 unspecified atom stereocenters. The molecule has 2 aromatic rings. The number of aromatic nitrogens is 2. The normalized spacial score (nSPS) is 12.4. The van der Waals surface area contributed by atoms with E-state index in [1.807, 2.05) is 31.2 Å². The summed E-state index contributed by atoms with van der Waals surface area (Å²) in [7, 11) is 1.64. The van der Waals surface area contributed by atoms with E-state index in [-0.39, 0.29) is 5.38 Å². The Morgan fingerprint density at radius 3 is 2.69 bits per heavy atom. The maximum absolute atomic E-state index is 5.95. The monoisotopic (exact) mass is 254 g/mol. The van der Waals surface area contributed by atoms with Gasteiger partial charge in [0.1, 0.15) is 10.8 Å². The lowest BCUT2D eigenvalue weighted by Crippen LogP contribution is -1.86. The van der Waals surface area contributed by atoms with Crippen LogP contribution in [0.25, 0.3) is 10.6 Å². The summed E-state index contributed by atoms with van der Waals surface area (Å²) < 4.78 is 5.28. The highest BCUT2D eigenvalue weighted by atomic mass is 35.5. The van der Waals surface area contributed by atoms with Crippen molar-refractivity contribution in [2.75, 3.05) is 7.11 Å². The summed E-state index contributed by atoms with van der Waals surface area (Å²) in [5, 5.41) is 9.71. The van der Waals surface area contributed by atoms with Crippen molar-refractivity contribution in [3.63, 3.8) is 0 Å². The first kappa shape index (κ1) is 11.4. The van der Waals surface area contributed by atoms with Gasteiger partial charge in [-0.2, -0.15) is 0 Å². The highest BCUT2D eigenvalue weighted by Gasteiger charge is 2.13. The number of alkyl halides is 1.